The second kappa shape index (κ2) is 9.37. The Labute approximate surface area is 165 Å². The molecule has 148 valence electrons. The van der Waals surface area contributed by atoms with E-state index in [1.807, 2.05) is 36.4 Å². The SMILES string of the molecule is COc1ccc(CCN2C(=O)C[NH+](CCc3ccccc3)CC2=O)cc1OC. The van der Waals surface area contributed by atoms with Crippen molar-refractivity contribution in [2.45, 2.75) is 12.8 Å². The highest BCUT2D eigenvalue weighted by atomic mass is 16.5. The lowest BCUT2D eigenvalue weighted by molar-refractivity contribution is -0.886. The highest BCUT2D eigenvalue weighted by molar-refractivity contribution is 5.97. The van der Waals surface area contributed by atoms with E-state index in [-0.39, 0.29) is 11.8 Å². The van der Waals surface area contributed by atoms with Crippen LogP contribution in [0.25, 0.3) is 0 Å². The summed E-state index contributed by atoms with van der Waals surface area (Å²) in [7, 11) is 3.18. The number of piperazine rings is 1. The van der Waals surface area contributed by atoms with Crippen LogP contribution in [0.2, 0.25) is 0 Å². The van der Waals surface area contributed by atoms with Crippen molar-refractivity contribution in [2.24, 2.45) is 0 Å². The number of hydrogen-bond donors (Lipinski definition) is 1. The zero-order chi connectivity index (χ0) is 19.9. The van der Waals surface area contributed by atoms with E-state index >= 15 is 0 Å². The number of carbonyl (C=O) groups excluding carboxylic acids is 2. The molecule has 0 aliphatic carbocycles. The van der Waals surface area contributed by atoms with Crippen LogP contribution in [0.1, 0.15) is 11.1 Å². The summed E-state index contributed by atoms with van der Waals surface area (Å²) in [5.74, 6) is 1.11. The fourth-order valence-electron chi connectivity index (χ4n) is 3.49. The summed E-state index contributed by atoms with van der Waals surface area (Å²) < 4.78 is 10.6. The monoisotopic (exact) mass is 383 g/mol. The highest BCUT2D eigenvalue weighted by Gasteiger charge is 2.33. The molecule has 1 aliphatic heterocycles. The number of ether oxygens (including phenoxy) is 2. The van der Waals surface area contributed by atoms with Crippen LogP contribution in [-0.2, 0) is 22.4 Å². The standard InChI is InChI=1S/C22H26N2O4/c1-27-19-9-8-18(14-20(19)28-2)11-13-24-21(25)15-23(16-22(24)26)12-10-17-6-4-3-5-7-17/h3-9,14H,10-13,15-16H2,1-2H3/p+1. The average molecular weight is 383 g/mol. The van der Waals surface area contributed by atoms with E-state index < -0.39 is 0 Å². The van der Waals surface area contributed by atoms with Crippen LogP contribution < -0.4 is 14.4 Å². The van der Waals surface area contributed by atoms with Crippen molar-refractivity contribution in [3.05, 3.63) is 59.7 Å². The number of benzene rings is 2. The van der Waals surface area contributed by atoms with Crippen molar-refractivity contribution in [1.82, 2.24) is 4.90 Å². The molecule has 0 aromatic heterocycles. The van der Waals surface area contributed by atoms with Gasteiger partial charge in [-0.3, -0.25) is 14.5 Å². The van der Waals surface area contributed by atoms with E-state index in [0.29, 0.717) is 37.6 Å². The maximum atomic E-state index is 12.5. The number of methoxy groups -OCH3 is 2. The molecule has 0 unspecified atom stereocenters. The molecule has 1 aliphatic rings. The van der Waals surface area contributed by atoms with Gasteiger partial charge >= 0.3 is 0 Å². The summed E-state index contributed by atoms with van der Waals surface area (Å²) >= 11 is 0. The third-order valence-corrected chi connectivity index (χ3v) is 5.09. The number of quaternary nitrogens is 1. The molecule has 0 bridgehead atoms. The number of amides is 2. The number of carbonyl (C=O) groups is 2. The molecule has 3 rings (SSSR count). The van der Waals surface area contributed by atoms with Crippen LogP contribution in [-0.4, -0.2) is 57.1 Å². The number of imide groups is 1. The summed E-state index contributed by atoms with van der Waals surface area (Å²) in [6, 6.07) is 15.8. The van der Waals surface area contributed by atoms with Crippen molar-refractivity contribution < 1.29 is 24.0 Å². The van der Waals surface area contributed by atoms with Crippen molar-refractivity contribution in [2.75, 3.05) is 40.4 Å². The van der Waals surface area contributed by atoms with Gasteiger partial charge in [-0.15, -0.1) is 0 Å². The Hall–Kier alpha value is -2.86. The molecule has 1 heterocycles. The van der Waals surface area contributed by atoms with E-state index in [0.717, 1.165) is 23.4 Å². The van der Waals surface area contributed by atoms with Gasteiger partial charge in [-0.1, -0.05) is 36.4 Å². The molecular formula is C22H27N2O4+. The maximum absolute atomic E-state index is 12.5. The first-order valence-electron chi connectivity index (χ1n) is 9.52. The summed E-state index contributed by atoms with van der Waals surface area (Å²) in [6.45, 7) is 1.90. The first-order chi connectivity index (χ1) is 13.6. The Morgan fingerprint density at radius 1 is 0.857 bits per heavy atom. The lowest BCUT2D eigenvalue weighted by atomic mass is 10.1. The Balaban J connectivity index is 1.53. The zero-order valence-corrected chi connectivity index (χ0v) is 16.4. The fourth-order valence-corrected chi connectivity index (χ4v) is 3.49. The third-order valence-electron chi connectivity index (χ3n) is 5.09. The van der Waals surface area contributed by atoms with Crippen molar-refractivity contribution in [3.63, 3.8) is 0 Å². The van der Waals surface area contributed by atoms with Crippen LogP contribution in [0.3, 0.4) is 0 Å². The first-order valence-corrected chi connectivity index (χ1v) is 9.52. The van der Waals surface area contributed by atoms with Crippen LogP contribution in [0.4, 0.5) is 0 Å². The summed E-state index contributed by atoms with van der Waals surface area (Å²) in [5, 5.41) is 0. The maximum Gasteiger partial charge on any atom is 0.284 e. The minimum Gasteiger partial charge on any atom is -0.493 e. The van der Waals surface area contributed by atoms with Crippen LogP contribution >= 0.6 is 0 Å². The Kier molecular flexibility index (Phi) is 6.66. The minimum atomic E-state index is -0.0974. The molecule has 2 aromatic carbocycles. The zero-order valence-electron chi connectivity index (χ0n) is 16.4. The third kappa shape index (κ3) is 4.89. The molecule has 2 amide bonds. The van der Waals surface area contributed by atoms with Crippen molar-refractivity contribution in [3.8, 4) is 11.5 Å². The molecule has 2 aromatic rings. The topological polar surface area (TPSA) is 60.3 Å². The minimum absolute atomic E-state index is 0.0974. The van der Waals surface area contributed by atoms with Crippen LogP contribution in [0.15, 0.2) is 48.5 Å². The summed E-state index contributed by atoms with van der Waals surface area (Å²) in [5.41, 5.74) is 2.22. The second-order valence-corrected chi connectivity index (χ2v) is 6.97. The van der Waals surface area contributed by atoms with Gasteiger partial charge in [0.2, 0.25) is 0 Å². The summed E-state index contributed by atoms with van der Waals surface area (Å²) in [4.78, 5) is 27.4. The lowest BCUT2D eigenvalue weighted by Gasteiger charge is -2.30. The molecule has 6 heteroatoms. The van der Waals surface area contributed by atoms with Gasteiger partial charge in [-0.05, 0) is 29.7 Å². The molecule has 1 fully saturated rings. The van der Waals surface area contributed by atoms with Gasteiger partial charge < -0.3 is 14.4 Å². The Morgan fingerprint density at radius 3 is 2.18 bits per heavy atom. The van der Waals surface area contributed by atoms with Gasteiger partial charge in [0.25, 0.3) is 11.8 Å². The summed E-state index contributed by atoms with van der Waals surface area (Å²) in [6.07, 6.45) is 1.46. The smallest absolute Gasteiger partial charge is 0.284 e. The van der Waals surface area contributed by atoms with E-state index in [9.17, 15) is 9.59 Å². The van der Waals surface area contributed by atoms with Gasteiger partial charge in [0.1, 0.15) is 0 Å². The molecule has 28 heavy (non-hydrogen) atoms. The first kappa shape index (κ1) is 19.9. The van der Waals surface area contributed by atoms with Gasteiger partial charge in [0, 0.05) is 13.0 Å². The molecule has 0 saturated carbocycles. The van der Waals surface area contributed by atoms with E-state index in [1.54, 1.807) is 14.2 Å². The van der Waals surface area contributed by atoms with Crippen LogP contribution in [0.5, 0.6) is 11.5 Å². The number of nitrogens with one attached hydrogen (secondary N) is 1. The molecule has 0 radical (unpaired) electrons. The predicted octanol–water partition coefficient (Wildman–Crippen LogP) is 0.743. The van der Waals surface area contributed by atoms with Gasteiger partial charge in [-0.25, -0.2) is 0 Å². The second-order valence-electron chi connectivity index (χ2n) is 6.97. The van der Waals surface area contributed by atoms with Gasteiger partial charge in [-0.2, -0.15) is 0 Å². The quantitative estimate of drug-likeness (QED) is 0.684. The highest BCUT2D eigenvalue weighted by Crippen LogP contribution is 2.27. The average Bonchev–Trinajstić information content (AvgIpc) is 2.72. The predicted molar refractivity (Wildman–Crippen MR) is 106 cm³/mol. The van der Waals surface area contributed by atoms with Gasteiger partial charge in [0.15, 0.2) is 24.6 Å². The molecular weight excluding hydrogens is 356 g/mol. The number of rotatable bonds is 8. The molecule has 1 saturated heterocycles. The molecule has 0 spiro atoms. The largest absolute Gasteiger partial charge is 0.493 e. The van der Waals surface area contributed by atoms with Crippen LogP contribution in [0, 0.1) is 0 Å². The van der Waals surface area contributed by atoms with Gasteiger partial charge in [0.05, 0.1) is 20.8 Å². The van der Waals surface area contributed by atoms with E-state index in [2.05, 4.69) is 12.1 Å². The number of hydrogen-bond acceptors (Lipinski definition) is 4. The normalized spacial score (nSPS) is 15.0. The number of nitrogens with zero attached hydrogens (tertiary/aromatic N) is 1. The molecule has 0 atom stereocenters. The molecule has 1 N–H and O–H groups in total. The molecule has 6 nitrogen and oxygen atoms in total. The van der Waals surface area contributed by atoms with Crippen molar-refractivity contribution >= 4 is 11.8 Å². The Bertz CT molecular complexity index is 805. The van der Waals surface area contributed by atoms with Crippen molar-refractivity contribution in [1.29, 1.82) is 0 Å². The van der Waals surface area contributed by atoms with E-state index in [1.165, 1.54) is 10.5 Å². The van der Waals surface area contributed by atoms with E-state index in [4.69, 9.17) is 9.47 Å². The Morgan fingerprint density at radius 2 is 1.54 bits per heavy atom. The fraction of sp³-hybridized carbons (Fsp3) is 0.364. The lowest BCUT2D eigenvalue weighted by Crippen LogP contribution is -3.16.